The number of rotatable bonds is 4. The lowest BCUT2D eigenvalue weighted by molar-refractivity contribution is -0.128. The quantitative estimate of drug-likeness (QED) is 0.782. The van der Waals surface area contributed by atoms with Crippen LogP contribution in [-0.2, 0) is 14.4 Å². The first-order valence-corrected chi connectivity index (χ1v) is 7.77. The molecule has 3 amide bonds. The van der Waals surface area contributed by atoms with Crippen molar-refractivity contribution in [3.8, 4) is 0 Å². The molecule has 1 aliphatic carbocycles. The molecule has 1 saturated carbocycles. The summed E-state index contributed by atoms with van der Waals surface area (Å²) in [5.41, 5.74) is 0. The molecule has 2 aliphatic rings. The third-order valence-electron chi connectivity index (χ3n) is 4.64. The highest BCUT2D eigenvalue weighted by Gasteiger charge is 2.39. The van der Waals surface area contributed by atoms with Crippen molar-refractivity contribution in [3.05, 3.63) is 0 Å². The zero-order valence-electron chi connectivity index (χ0n) is 12.9. The van der Waals surface area contributed by atoms with Crippen LogP contribution in [-0.4, -0.2) is 48.8 Å². The Bertz CT molecular complexity index is 418. The van der Waals surface area contributed by atoms with E-state index in [1.54, 1.807) is 11.9 Å². The van der Waals surface area contributed by atoms with Crippen molar-refractivity contribution < 1.29 is 14.4 Å². The van der Waals surface area contributed by atoms with Gasteiger partial charge >= 0.3 is 0 Å². The normalized spacial score (nSPS) is 25.9. The van der Waals surface area contributed by atoms with Crippen LogP contribution in [0.1, 0.15) is 39.0 Å². The van der Waals surface area contributed by atoms with Gasteiger partial charge in [-0.15, -0.1) is 0 Å². The molecule has 0 radical (unpaired) electrons. The lowest BCUT2D eigenvalue weighted by Crippen LogP contribution is -2.45. The van der Waals surface area contributed by atoms with Crippen molar-refractivity contribution in [1.29, 1.82) is 0 Å². The number of likely N-dealkylation sites (tertiary alicyclic amines) is 1. The highest BCUT2D eigenvalue weighted by atomic mass is 16.2. The van der Waals surface area contributed by atoms with Gasteiger partial charge in [-0.05, 0) is 18.8 Å². The Kier molecular flexibility index (Phi) is 5.20. The summed E-state index contributed by atoms with van der Waals surface area (Å²) in [6.07, 6.45) is 5.20. The van der Waals surface area contributed by atoms with E-state index < -0.39 is 0 Å². The largest absolute Gasteiger partial charge is 0.359 e. The van der Waals surface area contributed by atoms with Crippen LogP contribution in [0.4, 0.5) is 0 Å². The number of carbonyl (C=O) groups excluding carboxylic acids is 3. The number of nitrogens with one attached hydrogen (secondary N) is 2. The first-order chi connectivity index (χ1) is 10.0. The summed E-state index contributed by atoms with van der Waals surface area (Å²) < 4.78 is 0. The Morgan fingerprint density at radius 2 is 1.81 bits per heavy atom. The molecule has 0 aromatic rings. The van der Waals surface area contributed by atoms with Crippen molar-refractivity contribution in [2.24, 2.45) is 11.8 Å². The van der Waals surface area contributed by atoms with E-state index in [4.69, 9.17) is 0 Å². The van der Waals surface area contributed by atoms with Gasteiger partial charge in [0.25, 0.3) is 0 Å². The van der Waals surface area contributed by atoms with E-state index >= 15 is 0 Å². The van der Waals surface area contributed by atoms with Gasteiger partial charge < -0.3 is 15.5 Å². The lowest BCUT2D eigenvalue weighted by Gasteiger charge is -2.19. The van der Waals surface area contributed by atoms with E-state index in [2.05, 4.69) is 10.6 Å². The summed E-state index contributed by atoms with van der Waals surface area (Å²) in [5, 5.41) is 5.58. The first kappa shape index (κ1) is 15.8. The average Bonchev–Trinajstić information content (AvgIpc) is 3.07. The number of nitrogens with zero attached hydrogens (tertiary/aromatic N) is 1. The second kappa shape index (κ2) is 6.91. The molecule has 1 saturated heterocycles. The molecule has 0 spiro atoms. The van der Waals surface area contributed by atoms with E-state index in [1.165, 1.54) is 19.8 Å². The van der Waals surface area contributed by atoms with Gasteiger partial charge in [-0.2, -0.15) is 0 Å². The Morgan fingerprint density at radius 1 is 1.14 bits per heavy atom. The molecule has 2 fully saturated rings. The average molecular weight is 295 g/mol. The third-order valence-corrected chi connectivity index (χ3v) is 4.64. The molecular weight excluding hydrogens is 270 g/mol. The minimum absolute atomic E-state index is 0.00575. The fourth-order valence-corrected chi connectivity index (χ4v) is 3.40. The lowest BCUT2D eigenvalue weighted by atomic mass is 10.0. The topological polar surface area (TPSA) is 78.5 Å². The van der Waals surface area contributed by atoms with Crippen molar-refractivity contribution in [1.82, 2.24) is 15.5 Å². The van der Waals surface area contributed by atoms with Gasteiger partial charge in [-0.3, -0.25) is 14.4 Å². The molecule has 1 heterocycles. The monoisotopic (exact) mass is 295 g/mol. The van der Waals surface area contributed by atoms with Crippen LogP contribution in [0.3, 0.4) is 0 Å². The van der Waals surface area contributed by atoms with Gasteiger partial charge in [-0.25, -0.2) is 0 Å². The Labute approximate surface area is 125 Å². The fraction of sp³-hybridized carbons (Fsp3) is 0.800. The summed E-state index contributed by atoms with van der Waals surface area (Å²) in [7, 11) is 1.58. The zero-order valence-corrected chi connectivity index (χ0v) is 12.9. The number of hydrogen-bond acceptors (Lipinski definition) is 3. The predicted octanol–water partition coefficient (Wildman–Crippen LogP) is 0.276. The molecule has 0 aromatic carbocycles. The van der Waals surface area contributed by atoms with E-state index in [1.807, 2.05) is 0 Å². The highest BCUT2D eigenvalue weighted by molar-refractivity contribution is 5.84. The Morgan fingerprint density at radius 3 is 2.38 bits per heavy atom. The Balaban J connectivity index is 1.93. The third kappa shape index (κ3) is 3.95. The summed E-state index contributed by atoms with van der Waals surface area (Å²) in [4.78, 5) is 37.2. The predicted molar refractivity (Wildman–Crippen MR) is 78.3 cm³/mol. The van der Waals surface area contributed by atoms with Crippen LogP contribution >= 0.6 is 0 Å². The molecule has 6 heteroatoms. The van der Waals surface area contributed by atoms with Gasteiger partial charge in [0.2, 0.25) is 17.7 Å². The summed E-state index contributed by atoms with van der Waals surface area (Å²) in [6.45, 7) is 2.29. The number of amides is 3. The molecule has 1 aliphatic heterocycles. The van der Waals surface area contributed by atoms with Crippen molar-refractivity contribution in [2.45, 2.75) is 45.1 Å². The summed E-state index contributed by atoms with van der Waals surface area (Å²) in [6, 6.07) is -0.275. The van der Waals surface area contributed by atoms with Crippen LogP contribution in [0.15, 0.2) is 0 Å². The minimum Gasteiger partial charge on any atom is -0.359 e. The number of carbonyl (C=O) groups is 3. The summed E-state index contributed by atoms with van der Waals surface area (Å²) in [5.74, 6) is -0.0484. The van der Waals surface area contributed by atoms with Crippen LogP contribution in [0.2, 0.25) is 0 Å². The molecular formula is C15H25N3O3. The maximum absolute atomic E-state index is 12.1. The maximum atomic E-state index is 12.1. The van der Waals surface area contributed by atoms with Crippen LogP contribution in [0.25, 0.3) is 0 Å². The Hall–Kier alpha value is -1.59. The van der Waals surface area contributed by atoms with E-state index in [0.717, 1.165) is 12.8 Å². The molecule has 0 unspecified atom stereocenters. The van der Waals surface area contributed by atoms with Crippen molar-refractivity contribution in [3.63, 3.8) is 0 Å². The second-order valence-electron chi connectivity index (χ2n) is 6.17. The van der Waals surface area contributed by atoms with Crippen molar-refractivity contribution >= 4 is 17.7 Å². The fourth-order valence-electron chi connectivity index (χ4n) is 3.40. The first-order valence-electron chi connectivity index (χ1n) is 7.77. The molecule has 2 atom stereocenters. The van der Waals surface area contributed by atoms with E-state index in [-0.39, 0.29) is 29.7 Å². The standard InChI is InChI=1S/C15H25N3O3/c1-10(19)18-8-12(15(21)16-2)13(9-18)17-14(20)7-11-5-3-4-6-11/h11-13H,3-9H2,1-2H3,(H,16,21)(H,17,20)/t12-,13+/m1/s1. The zero-order chi connectivity index (χ0) is 15.4. The van der Waals surface area contributed by atoms with E-state index in [9.17, 15) is 14.4 Å². The van der Waals surface area contributed by atoms with Crippen LogP contribution in [0.5, 0.6) is 0 Å². The SMILES string of the molecule is CNC(=O)[C@@H]1CN(C(C)=O)C[C@@H]1NC(=O)CC1CCCC1. The molecule has 2 rings (SSSR count). The highest BCUT2D eigenvalue weighted by Crippen LogP contribution is 2.27. The molecule has 2 N–H and O–H groups in total. The molecule has 6 nitrogen and oxygen atoms in total. The van der Waals surface area contributed by atoms with Gasteiger partial charge in [0.1, 0.15) is 0 Å². The molecule has 21 heavy (non-hydrogen) atoms. The van der Waals surface area contributed by atoms with Crippen LogP contribution < -0.4 is 10.6 Å². The maximum Gasteiger partial charge on any atom is 0.226 e. The van der Waals surface area contributed by atoms with Gasteiger partial charge in [0, 0.05) is 33.5 Å². The second-order valence-corrected chi connectivity index (χ2v) is 6.17. The molecule has 0 aromatic heterocycles. The van der Waals surface area contributed by atoms with Gasteiger partial charge in [0.15, 0.2) is 0 Å². The smallest absolute Gasteiger partial charge is 0.226 e. The van der Waals surface area contributed by atoms with Gasteiger partial charge in [0.05, 0.1) is 12.0 Å². The summed E-state index contributed by atoms with van der Waals surface area (Å²) >= 11 is 0. The molecule has 0 bridgehead atoms. The van der Waals surface area contributed by atoms with Crippen molar-refractivity contribution in [2.75, 3.05) is 20.1 Å². The number of hydrogen-bond donors (Lipinski definition) is 2. The van der Waals surface area contributed by atoms with Crippen LogP contribution in [0, 0.1) is 11.8 Å². The minimum atomic E-state index is -0.355. The van der Waals surface area contributed by atoms with E-state index in [0.29, 0.717) is 25.4 Å². The molecule has 118 valence electrons. The van der Waals surface area contributed by atoms with Gasteiger partial charge in [-0.1, -0.05) is 12.8 Å².